The Morgan fingerprint density at radius 1 is 1.26 bits per heavy atom. The molecule has 0 spiro atoms. The molecular formula is C18H28O. The van der Waals surface area contributed by atoms with Gasteiger partial charge in [-0.3, -0.25) is 4.79 Å². The average Bonchev–Trinajstić information content (AvgIpc) is 2.25. The van der Waals surface area contributed by atoms with E-state index in [4.69, 9.17) is 0 Å². The molecule has 0 saturated heterocycles. The second kappa shape index (κ2) is 4.33. The van der Waals surface area contributed by atoms with Gasteiger partial charge in [0.25, 0.3) is 0 Å². The molecule has 0 bridgehead atoms. The Bertz CT molecular complexity index is 474. The van der Waals surface area contributed by atoms with Crippen LogP contribution in [0.15, 0.2) is 22.8 Å². The fraction of sp³-hybridized carbons (Fsp3) is 0.722. The van der Waals surface area contributed by atoms with Crippen LogP contribution in [0.4, 0.5) is 0 Å². The first-order chi connectivity index (χ1) is 8.57. The maximum absolute atomic E-state index is 11.8. The van der Waals surface area contributed by atoms with Crippen molar-refractivity contribution in [1.29, 1.82) is 0 Å². The van der Waals surface area contributed by atoms with Crippen LogP contribution in [0.1, 0.15) is 61.3 Å². The predicted octanol–water partition coefficient (Wildman–Crippen LogP) is 4.93. The molecule has 1 heteroatoms. The van der Waals surface area contributed by atoms with Gasteiger partial charge in [-0.15, -0.1) is 0 Å². The Balaban J connectivity index is 2.55. The summed E-state index contributed by atoms with van der Waals surface area (Å²) >= 11 is 0. The van der Waals surface area contributed by atoms with Gasteiger partial charge in [-0.2, -0.15) is 0 Å². The van der Waals surface area contributed by atoms with Crippen molar-refractivity contribution in [2.24, 2.45) is 22.7 Å². The van der Waals surface area contributed by atoms with Crippen molar-refractivity contribution in [1.82, 2.24) is 0 Å². The Morgan fingerprint density at radius 3 is 2.37 bits per heavy atom. The molecular weight excluding hydrogens is 232 g/mol. The third-order valence-electron chi connectivity index (χ3n) is 5.81. The van der Waals surface area contributed by atoms with E-state index in [-0.39, 0.29) is 11.2 Å². The van der Waals surface area contributed by atoms with E-state index in [2.05, 4.69) is 47.6 Å². The number of allylic oxidation sites excluding steroid dienone is 4. The van der Waals surface area contributed by atoms with Gasteiger partial charge in [-0.1, -0.05) is 46.3 Å². The second-order valence-electron chi connectivity index (χ2n) is 7.89. The summed E-state index contributed by atoms with van der Waals surface area (Å²) in [5, 5.41) is 0. The van der Waals surface area contributed by atoms with Crippen molar-refractivity contribution in [2.45, 2.75) is 61.3 Å². The summed E-state index contributed by atoms with van der Waals surface area (Å²) in [6.45, 7) is 15.7. The second-order valence-corrected chi connectivity index (χ2v) is 7.89. The lowest BCUT2D eigenvalue weighted by Gasteiger charge is -2.53. The molecule has 0 aromatic carbocycles. The molecule has 2 unspecified atom stereocenters. The molecule has 0 radical (unpaired) electrons. The number of carbonyl (C=O) groups excluding carboxylic acids is 1. The number of hydrogen-bond donors (Lipinski definition) is 0. The van der Waals surface area contributed by atoms with Crippen LogP contribution < -0.4 is 0 Å². The summed E-state index contributed by atoms with van der Waals surface area (Å²) in [5.41, 5.74) is 4.36. The minimum absolute atomic E-state index is 0.250. The molecule has 0 amide bonds. The van der Waals surface area contributed by atoms with Crippen LogP contribution in [0.25, 0.3) is 0 Å². The molecule has 19 heavy (non-hydrogen) atoms. The zero-order valence-corrected chi connectivity index (χ0v) is 13.6. The van der Waals surface area contributed by atoms with Crippen LogP contribution in [-0.4, -0.2) is 5.78 Å². The van der Waals surface area contributed by atoms with Gasteiger partial charge in [0, 0.05) is 0 Å². The number of ketones is 1. The number of Topliss-reactive ketones (excluding diaryl/α,β-unsaturated/α-hetero) is 1. The molecule has 1 nitrogen and oxygen atoms in total. The number of carbonyl (C=O) groups is 1. The van der Waals surface area contributed by atoms with Crippen LogP contribution in [0.2, 0.25) is 0 Å². The molecule has 2 atom stereocenters. The van der Waals surface area contributed by atoms with E-state index in [0.717, 1.165) is 12.0 Å². The van der Waals surface area contributed by atoms with Crippen LogP contribution in [0, 0.1) is 22.7 Å². The quantitative estimate of drug-likeness (QED) is 0.653. The van der Waals surface area contributed by atoms with Gasteiger partial charge in [0.05, 0.1) is 0 Å². The molecule has 106 valence electrons. The minimum Gasteiger partial charge on any atom is -0.295 e. The van der Waals surface area contributed by atoms with Gasteiger partial charge in [0.2, 0.25) is 0 Å². The molecule has 0 heterocycles. The van der Waals surface area contributed by atoms with E-state index in [1.165, 1.54) is 12.0 Å². The molecule has 2 aliphatic rings. The SMILES string of the molecule is CC(=O)C1=C(C)C=C2C(C1)C(C)(C)CC(C)C2(C)C. The van der Waals surface area contributed by atoms with Crippen LogP contribution in [0.3, 0.4) is 0 Å². The zero-order valence-electron chi connectivity index (χ0n) is 13.6. The standard InChI is InChI=1S/C18H28O/c1-11-8-16-15(9-14(11)13(3)19)17(4,5)10-12(2)18(16,6)7/h8,12,15H,9-10H2,1-7H3. The first-order valence-corrected chi connectivity index (χ1v) is 7.50. The first-order valence-electron chi connectivity index (χ1n) is 7.50. The van der Waals surface area contributed by atoms with Crippen molar-refractivity contribution in [3.8, 4) is 0 Å². The third kappa shape index (κ3) is 2.22. The van der Waals surface area contributed by atoms with Gasteiger partial charge in [0.15, 0.2) is 5.78 Å². The lowest BCUT2D eigenvalue weighted by molar-refractivity contribution is -0.114. The topological polar surface area (TPSA) is 17.1 Å². The van der Waals surface area contributed by atoms with Gasteiger partial charge in [0.1, 0.15) is 0 Å². The van der Waals surface area contributed by atoms with E-state index in [1.54, 1.807) is 12.5 Å². The Kier molecular flexibility index (Phi) is 3.32. The van der Waals surface area contributed by atoms with Gasteiger partial charge < -0.3 is 0 Å². The highest BCUT2D eigenvalue weighted by Gasteiger charge is 2.48. The number of hydrogen-bond acceptors (Lipinski definition) is 1. The molecule has 2 rings (SSSR count). The summed E-state index contributed by atoms with van der Waals surface area (Å²) in [4.78, 5) is 11.8. The molecule has 0 aliphatic heterocycles. The fourth-order valence-electron chi connectivity index (χ4n) is 4.12. The van der Waals surface area contributed by atoms with E-state index in [1.807, 2.05) is 0 Å². The molecule has 2 aliphatic carbocycles. The van der Waals surface area contributed by atoms with Crippen molar-refractivity contribution >= 4 is 5.78 Å². The van der Waals surface area contributed by atoms with Crippen molar-refractivity contribution in [3.05, 3.63) is 22.8 Å². The molecule has 1 fully saturated rings. The van der Waals surface area contributed by atoms with Crippen molar-refractivity contribution in [2.75, 3.05) is 0 Å². The van der Waals surface area contributed by atoms with Crippen molar-refractivity contribution in [3.63, 3.8) is 0 Å². The Labute approximate surface area is 118 Å². The summed E-state index contributed by atoms with van der Waals surface area (Å²) in [6.07, 6.45) is 4.50. The predicted molar refractivity (Wildman–Crippen MR) is 80.9 cm³/mol. The van der Waals surface area contributed by atoms with E-state index >= 15 is 0 Å². The normalized spacial score (nSPS) is 32.7. The maximum Gasteiger partial charge on any atom is 0.156 e. The lowest BCUT2D eigenvalue weighted by atomic mass is 9.51. The molecule has 0 N–H and O–H groups in total. The first kappa shape index (κ1) is 14.6. The monoisotopic (exact) mass is 260 g/mol. The van der Waals surface area contributed by atoms with E-state index in [9.17, 15) is 4.79 Å². The van der Waals surface area contributed by atoms with Crippen LogP contribution in [0.5, 0.6) is 0 Å². The van der Waals surface area contributed by atoms with Crippen LogP contribution in [-0.2, 0) is 4.79 Å². The fourth-order valence-corrected chi connectivity index (χ4v) is 4.12. The highest BCUT2D eigenvalue weighted by molar-refractivity contribution is 5.95. The minimum atomic E-state index is 0.250. The summed E-state index contributed by atoms with van der Waals surface area (Å²) in [7, 11) is 0. The Hall–Kier alpha value is -0.850. The summed E-state index contributed by atoms with van der Waals surface area (Å²) in [6, 6.07) is 0. The lowest BCUT2D eigenvalue weighted by Crippen LogP contribution is -2.44. The highest BCUT2D eigenvalue weighted by atomic mass is 16.1. The summed E-state index contributed by atoms with van der Waals surface area (Å²) < 4.78 is 0. The van der Waals surface area contributed by atoms with Crippen LogP contribution >= 0.6 is 0 Å². The van der Waals surface area contributed by atoms with Gasteiger partial charge in [-0.05, 0) is 60.5 Å². The van der Waals surface area contributed by atoms with Gasteiger partial charge >= 0.3 is 0 Å². The summed E-state index contributed by atoms with van der Waals surface area (Å²) in [5.74, 6) is 1.47. The smallest absolute Gasteiger partial charge is 0.156 e. The van der Waals surface area contributed by atoms with Gasteiger partial charge in [-0.25, -0.2) is 0 Å². The zero-order chi connectivity index (χ0) is 14.6. The average molecular weight is 260 g/mol. The molecule has 0 aromatic heterocycles. The van der Waals surface area contributed by atoms with Crippen molar-refractivity contribution < 1.29 is 4.79 Å². The molecule has 0 aromatic rings. The number of fused-ring (bicyclic) bond motifs is 1. The number of rotatable bonds is 1. The maximum atomic E-state index is 11.8. The largest absolute Gasteiger partial charge is 0.295 e. The Morgan fingerprint density at radius 2 is 1.84 bits per heavy atom. The highest BCUT2D eigenvalue weighted by Crippen LogP contribution is 2.58. The third-order valence-corrected chi connectivity index (χ3v) is 5.81. The van der Waals surface area contributed by atoms with E-state index in [0.29, 0.717) is 17.3 Å². The van der Waals surface area contributed by atoms with E-state index < -0.39 is 0 Å². The molecule has 1 saturated carbocycles.